The molecule has 4 rings (SSSR count). The maximum Gasteiger partial charge on any atom is 0.259 e. The van der Waals surface area contributed by atoms with Crippen LogP contribution < -0.4 is 11.5 Å². The van der Waals surface area contributed by atoms with Gasteiger partial charge in [0.05, 0.1) is 11.6 Å². The van der Waals surface area contributed by atoms with Gasteiger partial charge in [0, 0.05) is 34.7 Å². The Morgan fingerprint density at radius 2 is 2.03 bits per heavy atom. The van der Waals surface area contributed by atoms with Crippen molar-refractivity contribution in [2.24, 2.45) is 5.73 Å². The largest absolute Gasteiger partial charge is 0.507 e. The molecule has 7 nitrogen and oxygen atoms in total. The molecule has 0 bridgehead atoms. The summed E-state index contributed by atoms with van der Waals surface area (Å²) in [6.07, 6.45) is 3.66. The molecule has 1 unspecified atom stereocenters. The van der Waals surface area contributed by atoms with Crippen LogP contribution in [0.4, 0.5) is 10.1 Å². The standard InChI is InChI=1S/C23H20ClFN4O3/c24-13-8-17-15(18(25)9-13)5-6-19(17)29(21(22(27)31)12-2-1-7-28-11-12)23(32)16-4-3-14(26)10-20(16)30/h1-4,7-11,19,21,30H,5-6,26H2,(H2,27,31)/t19-,21?/m1/s1. The van der Waals surface area contributed by atoms with Crippen LogP contribution in [-0.2, 0) is 11.2 Å². The number of amides is 2. The molecule has 0 fully saturated rings. The Labute approximate surface area is 188 Å². The molecule has 9 heteroatoms. The first-order valence-electron chi connectivity index (χ1n) is 9.86. The molecule has 0 radical (unpaired) electrons. The lowest BCUT2D eigenvalue weighted by Crippen LogP contribution is -2.43. The highest BCUT2D eigenvalue weighted by Crippen LogP contribution is 2.43. The number of nitrogens with zero attached hydrogens (tertiary/aromatic N) is 2. The number of anilines is 1. The first-order valence-corrected chi connectivity index (χ1v) is 10.2. The van der Waals surface area contributed by atoms with E-state index >= 15 is 0 Å². The maximum atomic E-state index is 14.6. The number of nitrogens with two attached hydrogens (primary N) is 2. The van der Waals surface area contributed by atoms with Crippen molar-refractivity contribution in [3.05, 3.63) is 88.0 Å². The van der Waals surface area contributed by atoms with Gasteiger partial charge in [-0.05, 0) is 54.3 Å². The number of aromatic hydroxyl groups is 1. The summed E-state index contributed by atoms with van der Waals surface area (Å²) in [5.41, 5.74) is 13.0. The van der Waals surface area contributed by atoms with Crippen molar-refractivity contribution in [2.75, 3.05) is 5.73 Å². The summed E-state index contributed by atoms with van der Waals surface area (Å²) >= 11 is 6.10. The zero-order chi connectivity index (χ0) is 23.0. The molecule has 2 atom stereocenters. The predicted octanol–water partition coefficient (Wildman–Crippen LogP) is 3.52. The van der Waals surface area contributed by atoms with Gasteiger partial charge in [-0.3, -0.25) is 14.6 Å². The van der Waals surface area contributed by atoms with Crippen molar-refractivity contribution in [3.63, 3.8) is 0 Å². The van der Waals surface area contributed by atoms with E-state index in [0.717, 1.165) is 0 Å². The van der Waals surface area contributed by atoms with Crippen molar-refractivity contribution < 1.29 is 19.1 Å². The fraction of sp³-hybridized carbons (Fsp3) is 0.174. The number of fused-ring (bicyclic) bond motifs is 1. The lowest BCUT2D eigenvalue weighted by molar-refractivity contribution is -0.123. The molecule has 5 N–H and O–H groups in total. The summed E-state index contributed by atoms with van der Waals surface area (Å²) in [5, 5.41) is 10.6. The normalized spacial score (nSPS) is 15.8. The molecule has 1 aromatic heterocycles. The third kappa shape index (κ3) is 3.85. The average molecular weight is 455 g/mol. The number of nitrogen functional groups attached to an aromatic ring is 1. The first-order chi connectivity index (χ1) is 15.3. The third-order valence-corrected chi connectivity index (χ3v) is 5.81. The number of primary amides is 1. The lowest BCUT2D eigenvalue weighted by atomic mass is 9.98. The van der Waals surface area contributed by atoms with Gasteiger partial charge < -0.3 is 21.5 Å². The Kier molecular flexibility index (Phi) is 5.71. The summed E-state index contributed by atoms with van der Waals surface area (Å²) in [5.74, 6) is -2.27. The Morgan fingerprint density at radius 3 is 2.69 bits per heavy atom. The fourth-order valence-corrected chi connectivity index (χ4v) is 4.43. The van der Waals surface area contributed by atoms with E-state index in [9.17, 15) is 19.1 Å². The van der Waals surface area contributed by atoms with Crippen LogP contribution >= 0.6 is 11.6 Å². The second kappa shape index (κ2) is 8.47. The van der Waals surface area contributed by atoms with Crippen molar-refractivity contribution in [3.8, 4) is 5.75 Å². The highest BCUT2D eigenvalue weighted by atomic mass is 35.5. The fourth-order valence-electron chi connectivity index (χ4n) is 4.22. The highest BCUT2D eigenvalue weighted by Gasteiger charge is 2.41. The average Bonchev–Trinajstić information content (AvgIpc) is 3.15. The summed E-state index contributed by atoms with van der Waals surface area (Å²) in [7, 11) is 0. The highest BCUT2D eigenvalue weighted by molar-refractivity contribution is 6.30. The van der Waals surface area contributed by atoms with Crippen molar-refractivity contribution in [1.29, 1.82) is 0 Å². The molecule has 2 amide bonds. The van der Waals surface area contributed by atoms with Gasteiger partial charge in [0.15, 0.2) is 0 Å². The molecule has 1 heterocycles. The number of pyridine rings is 1. The van der Waals surface area contributed by atoms with E-state index in [2.05, 4.69) is 4.98 Å². The number of aromatic nitrogens is 1. The number of benzene rings is 2. The van der Waals surface area contributed by atoms with E-state index < -0.39 is 29.7 Å². The molecule has 1 aliphatic rings. The molecule has 2 aromatic carbocycles. The van der Waals surface area contributed by atoms with Gasteiger partial charge in [0.1, 0.15) is 17.6 Å². The van der Waals surface area contributed by atoms with Gasteiger partial charge >= 0.3 is 0 Å². The first kappa shape index (κ1) is 21.6. The van der Waals surface area contributed by atoms with Crippen molar-refractivity contribution in [2.45, 2.75) is 24.9 Å². The SMILES string of the molecule is NC(=O)C(c1cccnc1)N(C(=O)c1ccc(N)cc1O)[C@@H]1CCc2c(F)cc(Cl)cc21. The Balaban J connectivity index is 1.90. The van der Waals surface area contributed by atoms with Crippen LogP contribution in [0.5, 0.6) is 5.75 Å². The molecule has 0 aliphatic heterocycles. The van der Waals surface area contributed by atoms with Gasteiger partial charge in [-0.15, -0.1) is 0 Å². The Bertz CT molecular complexity index is 1210. The molecule has 0 saturated carbocycles. The molecular formula is C23H20ClFN4O3. The second-order valence-electron chi connectivity index (χ2n) is 7.59. The number of hydrogen-bond acceptors (Lipinski definition) is 5. The van der Waals surface area contributed by atoms with Gasteiger partial charge in [-0.2, -0.15) is 0 Å². The molecule has 0 spiro atoms. The van der Waals surface area contributed by atoms with Crippen LogP contribution in [0, 0.1) is 5.82 Å². The smallest absolute Gasteiger partial charge is 0.259 e. The van der Waals surface area contributed by atoms with Crippen LogP contribution in [0.15, 0.2) is 54.9 Å². The molecule has 1 aliphatic carbocycles. The zero-order valence-corrected chi connectivity index (χ0v) is 17.6. The molecule has 164 valence electrons. The monoisotopic (exact) mass is 454 g/mol. The van der Waals surface area contributed by atoms with E-state index in [0.29, 0.717) is 29.5 Å². The zero-order valence-electron chi connectivity index (χ0n) is 16.8. The number of hydrogen-bond donors (Lipinski definition) is 3. The van der Waals surface area contributed by atoms with E-state index in [-0.39, 0.29) is 22.0 Å². The van der Waals surface area contributed by atoms with Gasteiger partial charge in [-0.1, -0.05) is 17.7 Å². The van der Waals surface area contributed by atoms with E-state index in [1.807, 2.05) is 0 Å². The molecule has 32 heavy (non-hydrogen) atoms. The molecule has 3 aromatic rings. The quantitative estimate of drug-likeness (QED) is 0.509. The van der Waals surface area contributed by atoms with E-state index in [4.69, 9.17) is 23.1 Å². The minimum Gasteiger partial charge on any atom is -0.507 e. The van der Waals surface area contributed by atoms with Gasteiger partial charge in [0.25, 0.3) is 5.91 Å². The van der Waals surface area contributed by atoms with Crippen molar-refractivity contribution >= 4 is 29.1 Å². The topological polar surface area (TPSA) is 123 Å². The van der Waals surface area contributed by atoms with Crippen LogP contribution in [0.2, 0.25) is 5.02 Å². The number of phenols is 1. The van der Waals surface area contributed by atoms with E-state index in [1.165, 1.54) is 41.6 Å². The number of rotatable bonds is 5. The summed E-state index contributed by atoms with van der Waals surface area (Å²) in [4.78, 5) is 31.7. The number of carbonyl (C=O) groups excluding carboxylic acids is 2. The minimum absolute atomic E-state index is 0.0645. The van der Waals surface area contributed by atoms with Gasteiger partial charge in [0.2, 0.25) is 5.91 Å². The van der Waals surface area contributed by atoms with Crippen LogP contribution in [-0.4, -0.2) is 26.8 Å². The van der Waals surface area contributed by atoms with Crippen LogP contribution in [0.1, 0.15) is 45.6 Å². The summed E-state index contributed by atoms with van der Waals surface area (Å²) in [6.45, 7) is 0. The van der Waals surface area contributed by atoms with Gasteiger partial charge in [-0.25, -0.2) is 4.39 Å². The maximum absolute atomic E-state index is 14.6. The summed E-state index contributed by atoms with van der Waals surface area (Å²) < 4.78 is 14.6. The predicted molar refractivity (Wildman–Crippen MR) is 117 cm³/mol. The van der Waals surface area contributed by atoms with Crippen molar-refractivity contribution in [1.82, 2.24) is 9.88 Å². The van der Waals surface area contributed by atoms with Crippen LogP contribution in [0.3, 0.4) is 0 Å². The lowest BCUT2D eigenvalue weighted by Gasteiger charge is -2.36. The van der Waals surface area contributed by atoms with Crippen LogP contribution in [0.25, 0.3) is 0 Å². The third-order valence-electron chi connectivity index (χ3n) is 5.59. The van der Waals surface area contributed by atoms with E-state index in [1.54, 1.807) is 18.2 Å². The summed E-state index contributed by atoms with van der Waals surface area (Å²) in [6, 6.07) is 8.20. The molecular weight excluding hydrogens is 435 g/mol. The number of phenolic OH excluding ortho intramolecular Hbond substituents is 1. The number of halogens is 2. The minimum atomic E-state index is -1.22. The second-order valence-corrected chi connectivity index (χ2v) is 8.03. The molecule has 0 saturated heterocycles. The Hall–Kier alpha value is -3.65. The number of carbonyl (C=O) groups is 2. The Morgan fingerprint density at radius 1 is 1.25 bits per heavy atom.